The van der Waals surface area contributed by atoms with Crippen molar-refractivity contribution < 1.29 is 4.39 Å². The molecule has 0 bridgehead atoms. The maximum Gasteiger partial charge on any atom is 0.142 e. The maximum atomic E-state index is 14.0. The minimum atomic E-state index is -0.241. The normalized spacial score (nSPS) is 30.2. The highest BCUT2D eigenvalue weighted by atomic mass is 79.9. The van der Waals surface area contributed by atoms with Crippen LogP contribution >= 0.6 is 39.5 Å². The van der Waals surface area contributed by atoms with Crippen LogP contribution in [0.25, 0.3) is 0 Å². The van der Waals surface area contributed by atoms with E-state index in [-0.39, 0.29) is 17.1 Å². The Bertz CT molecular complexity index is 429. The minimum absolute atomic E-state index is 0.220. The molecule has 18 heavy (non-hydrogen) atoms. The number of thioether (sulfide) groups is 2. The lowest BCUT2D eigenvalue weighted by Crippen LogP contribution is -2.34. The molecule has 1 aromatic rings. The van der Waals surface area contributed by atoms with Crippen LogP contribution in [0, 0.1) is 5.82 Å². The number of rotatable bonds is 2. The lowest BCUT2D eigenvalue weighted by atomic mass is 10.0. The summed E-state index contributed by atoms with van der Waals surface area (Å²) in [6.45, 7) is 4.46. The van der Waals surface area contributed by atoms with Crippen molar-refractivity contribution in [2.45, 2.75) is 35.6 Å². The average molecular weight is 350 g/mol. The van der Waals surface area contributed by atoms with Crippen LogP contribution < -0.4 is 5.73 Å². The topological polar surface area (TPSA) is 26.0 Å². The highest BCUT2D eigenvalue weighted by Crippen LogP contribution is 2.41. The molecule has 4 unspecified atom stereocenters. The zero-order chi connectivity index (χ0) is 13.3. The van der Waals surface area contributed by atoms with Crippen molar-refractivity contribution in [3.63, 3.8) is 0 Å². The number of benzene rings is 1. The molecule has 0 saturated carbocycles. The van der Waals surface area contributed by atoms with E-state index in [0.29, 0.717) is 20.5 Å². The molecule has 0 aliphatic carbocycles. The molecule has 1 nitrogen and oxygen atoms in total. The van der Waals surface area contributed by atoms with Crippen molar-refractivity contribution in [3.05, 3.63) is 34.1 Å². The molecule has 5 heteroatoms. The van der Waals surface area contributed by atoms with Crippen molar-refractivity contribution in [1.82, 2.24) is 0 Å². The number of hydrogen-bond donors (Lipinski definition) is 1. The van der Waals surface area contributed by atoms with Crippen molar-refractivity contribution in [2.24, 2.45) is 5.73 Å². The lowest BCUT2D eigenvalue weighted by Gasteiger charge is -2.34. The number of hydrogen-bond acceptors (Lipinski definition) is 3. The molecule has 0 radical (unpaired) electrons. The van der Waals surface area contributed by atoms with Crippen molar-refractivity contribution in [1.29, 1.82) is 0 Å². The first-order valence-corrected chi connectivity index (χ1v) is 8.75. The van der Waals surface area contributed by atoms with Crippen LogP contribution in [-0.4, -0.2) is 21.5 Å². The van der Waals surface area contributed by atoms with Gasteiger partial charge in [-0.25, -0.2) is 4.39 Å². The van der Waals surface area contributed by atoms with Gasteiger partial charge in [0, 0.05) is 33.1 Å². The van der Waals surface area contributed by atoms with Gasteiger partial charge in [-0.2, -0.15) is 23.5 Å². The van der Waals surface area contributed by atoms with Crippen LogP contribution in [-0.2, 0) is 0 Å². The number of nitrogens with two attached hydrogens (primary N) is 1. The van der Waals surface area contributed by atoms with Crippen molar-refractivity contribution in [3.8, 4) is 0 Å². The van der Waals surface area contributed by atoms with Gasteiger partial charge in [-0.3, -0.25) is 0 Å². The molecule has 0 aromatic heterocycles. The van der Waals surface area contributed by atoms with E-state index in [2.05, 4.69) is 29.8 Å². The lowest BCUT2D eigenvalue weighted by molar-refractivity contribution is 0.574. The van der Waals surface area contributed by atoms with Gasteiger partial charge in [0.05, 0.1) is 4.47 Å². The smallest absolute Gasteiger partial charge is 0.142 e. The van der Waals surface area contributed by atoms with Gasteiger partial charge in [-0.15, -0.1) is 0 Å². The second-order valence-corrected chi connectivity index (χ2v) is 8.47. The van der Waals surface area contributed by atoms with Crippen LogP contribution in [0.5, 0.6) is 0 Å². The summed E-state index contributed by atoms with van der Waals surface area (Å²) in [5.41, 5.74) is 6.87. The Balaban J connectivity index is 2.16. The first-order valence-electron chi connectivity index (χ1n) is 5.97. The zero-order valence-corrected chi connectivity index (χ0v) is 13.6. The molecule has 4 atom stereocenters. The summed E-state index contributed by atoms with van der Waals surface area (Å²) in [5, 5.41) is 1.49. The van der Waals surface area contributed by atoms with E-state index >= 15 is 0 Å². The monoisotopic (exact) mass is 349 g/mol. The fourth-order valence-corrected chi connectivity index (χ4v) is 5.39. The Hall–Kier alpha value is 0.290. The van der Waals surface area contributed by atoms with Crippen molar-refractivity contribution in [2.75, 3.05) is 5.75 Å². The summed E-state index contributed by atoms with van der Waals surface area (Å²) >= 11 is 7.03. The third-order valence-electron chi connectivity index (χ3n) is 3.32. The molecule has 1 aliphatic rings. The first kappa shape index (κ1) is 14.7. The zero-order valence-electron chi connectivity index (χ0n) is 10.4. The van der Waals surface area contributed by atoms with Crippen molar-refractivity contribution >= 4 is 39.5 Å². The molecule has 0 spiro atoms. The summed E-state index contributed by atoms with van der Waals surface area (Å²) in [7, 11) is 0. The fraction of sp³-hybridized carbons (Fsp3) is 0.538. The van der Waals surface area contributed by atoms with Gasteiger partial charge in [0.15, 0.2) is 0 Å². The quantitative estimate of drug-likeness (QED) is 0.865. The van der Waals surface area contributed by atoms with E-state index in [0.717, 1.165) is 5.75 Å². The predicted octanol–water partition coefficient (Wildman–Crippen LogP) is 4.21. The van der Waals surface area contributed by atoms with E-state index in [1.54, 1.807) is 12.1 Å². The molecule has 2 rings (SSSR count). The van der Waals surface area contributed by atoms with E-state index in [4.69, 9.17) is 5.73 Å². The second kappa shape index (κ2) is 6.16. The summed E-state index contributed by atoms with van der Waals surface area (Å²) < 4.78 is 14.5. The highest BCUT2D eigenvalue weighted by Gasteiger charge is 2.31. The van der Waals surface area contributed by atoms with Crippen LogP contribution in [0.3, 0.4) is 0 Å². The SMILES string of the molecule is CC1SCC(C(N)c2cccc(Br)c2F)SC1C. The molecule has 2 N–H and O–H groups in total. The molecule has 1 heterocycles. The molecular weight excluding hydrogens is 333 g/mol. The molecule has 1 saturated heterocycles. The van der Waals surface area contributed by atoms with E-state index in [1.165, 1.54) is 0 Å². The average Bonchev–Trinajstić information content (AvgIpc) is 2.35. The van der Waals surface area contributed by atoms with Gasteiger partial charge in [0.25, 0.3) is 0 Å². The minimum Gasteiger partial charge on any atom is -0.323 e. The highest BCUT2D eigenvalue weighted by molar-refractivity contribution is 9.10. The summed E-state index contributed by atoms with van der Waals surface area (Å²) in [6, 6.07) is 5.10. The Morgan fingerprint density at radius 2 is 2.11 bits per heavy atom. The van der Waals surface area contributed by atoms with E-state index < -0.39 is 0 Å². The summed E-state index contributed by atoms with van der Waals surface area (Å²) in [5.74, 6) is 0.769. The number of halogens is 2. The van der Waals surface area contributed by atoms with Gasteiger partial charge in [-0.1, -0.05) is 26.0 Å². The van der Waals surface area contributed by atoms with Gasteiger partial charge < -0.3 is 5.73 Å². The van der Waals surface area contributed by atoms with Gasteiger partial charge in [0.1, 0.15) is 5.82 Å². The molecule has 1 aromatic carbocycles. The van der Waals surface area contributed by atoms with Crippen LogP contribution in [0.2, 0.25) is 0 Å². The first-order chi connectivity index (χ1) is 8.50. The predicted molar refractivity (Wildman–Crippen MR) is 83.8 cm³/mol. The summed E-state index contributed by atoms with van der Waals surface area (Å²) in [4.78, 5) is 0. The Kier molecular flexibility index (Phi) is 5.03. The molecular formula is C13H17BrFNS2. The molecule has 1 aliphatic heterocycles. The largest absolute Gasteiger partial charge is 0.323 e. The van der Waals surface area contributed by atoms with Crippen LogP contribution in [0.4, 0.5) is 4.39 Å². The second-order valence-electron chi connectivity index (χ2n) is 4.59. The Labute approximate surface area is 125 Å². The third kappa shape index (κ3) is 3.06. The standard InChI is InChI=1S/C13H17BrFNS2/c1-7-8(2)18-11(6-17-7)13(16)9-4-3-5-10(14)12(9)15/h3-5,7-8,11,13H,6,16H2,1-2H3. The van der Waals surface area contributed by atoms with Crippen LogP contribution in [0.15, 0.2) is 22.7 Å². The molecule has 1 fully saturated rings. The van der Waals surface area contributed by atoms with Crippen LogP contribution in [0.1, 0.15) is 25.5 Å². The Morgan fingerprint density at radius 1 is 1.39 bits per heavy atom. The van der Waals surface area contributed by atoms with E-state index in [9.17, 15) is 4.39 Å². The van der Waals surface area contributed by atoms with Gasteiger partial charge in [0.2, 0.25) is 0 Å². The molecule has 100 valence electrons. The maximum absolute atomic E-state index is 14.0. The van der Waals surface area contributed by atoms with Gasteiger partial charge >= 0.3 is 0 Å². The summed E-state index contributed by atoms with van der Waals surface area (Å²) in [6.07, 6.45) is 0. The fourth-order valence-electron chi connectivity index (χ4n) is 1.97. The van der Waals surface area contributed by atoms with E-state index in [1.807, 2.05) is 29.6 Å². The third-order valence-corrected chi connectivity index (χ3v) is 7.44. The Morgan fingerprint density at radius 3 is 2.78 bits per heavy atom. The van der Waals surface area contributed by atoms with Gasteiger partial charge in [-0.05, 0) is 22.0 Å². The molecule has 0 amide bonds.